The quantitative estimate of drug-likeness (QED) is 0.796. The minimum absolute atomic E-state index is 0.0149. The molecule has 2 N–H and O–H groups in total. The van der Waals surface area contributed by atoms with Gasteiger partial charge in [-0.2, -0.15) is 0 Å². The molecule has 0 heterocycles. The highest BCUT2D eigenvalue weighted by Crippen LogP contribution is 2.22. The number of likely N-dealkylation sites (N-methyl/N-ethyl adjacent to an activating group) is 1. The predicted octanol–water partition coefficient (Wildman–Crippen LogP) is 1.36. The molecule has 3 nitrogen and oxygen atoms in total. The third-order valence-electron chi connectivity index (χ3n) is 2.71. The first-order valence-electron chi connectivity index (χ1n) is 5.36. The van der Waals surface area contributed by atoms with Crippen LogP contribution in [-0.4, -0.2) is 31.9 Å². The monoisotopic (exact) mass is 226 g/mol. The lowest BCUT2D eigenvalue weighted by molar-refractivity contribution is 0.270. The molecule has 0 aliphatic heterocycles. The van der Waals surface area contributed by atoms with Gasteiger partial charge in [-0.25, -0.2) is 4.39 Å². The Hall–Kier alpha value is -1.13. The Morgan fingerprint density at radius 2 is 2.19 bits per heavy atom. The molecular weight excluding hydrogens is 207 g/mol. The van der Waals surface area contributed by atoms with Crippen LogP contribution in [0.25, 0.3) is 0 Å². The molecule has 1 aromatic rings. The maximum absolute atomic E-state index is 13.1. The van der Waals surface area contributed by atoms with Crippen LogP contribution in [-0.2, 0) is 6.54 Å². The number of halogens is 1. The molecule has 0 spiro atoms. The highest BCUT2D eigenvalue weighted by atomic mass is 19.1. The van der Waals surface area contributed by atoms with E-state index >= 15 is 0 Å². The first kappa shape index (κ1) is 12.9. The van der Waals surface area contributed by atoms with Gasteiger partial charge in [0.05, 0.1) is 6.61 Å². The van der Waals surface area contributed by atoms with Crippen molar-refractivity contribution < 1.29 is 9.50 Å². The maximum atomic E-state index is 13.1. The van der Waals surface area contributed by atoms with Gasteiger partial charge in [-0.05, 0) is 37.7 Å². The van der Waals surface area contributed by atoms with Crippen LogP contribution < -0.4 is 10.2 Å². The Morgan fingerprint density at radius 1 is 1.50 bits per heavy atom. The van der Waals surface area contributed by atoms with Gasteiger partial charge in [0.1, 0.15) is 5.82 Å². The average molecular weight is 226 g/mol. The topological polar surface area (TPSA) is 35.5 Å². The van der Waals surface area contributed by atoms with Gasteiger partial charge in [-0.1, -0.05) is 0 Å². The molecule has 1 unspecified atom stereocenters. The first-order chi connectivity index (χ1) is 7.60. The highest BCUT2D eigenvalue weighted by Gasteiger charge is 2.12. The highest BCUT2D eigenvalue weighted by molar-refractivity contribution is 5.54. The smallest absolute Gasteiger partial charge is 0.123 e. The van der Waals surface area contributed by atoms with E-state index in [4.69, 9.17) is 5.11 Å². The molecule has 16 heavy (non-hydrogen) atoms. The third kappa shape index (κ3) is 2.93. The fourth-order valence-electron chi connectivity index (χ4n) is 1.59. The van der Waals surface area contributed by atoms with E-state index in [9.17, 15) is 4.39 Å². The van der Waals surface area contributed by atoms with Gasteiger partial charge in [0.25, 0.3) is 0 Å². The van der Waals surface area contributed by atoms with Crippen LogP contribution in [0.3, 0.4) is 0 Å². The Balaban J connectivity index is 3.01. The number of hydrogen-bond donors (Lipinski definition) is 2. The normalized spacial score (nSPS) is 12.6. The molecule has 0 saturated carbocycles. The Labute approximate surface area is 95.9 Å². The van der Waals surface area contributed by atoms with Gasteiger partial charge in [0.15, 0.2) is 0 Å². The van der Waals surface area contributed by atoms with Gasteiger partial charge in [0.2, 0.25) is 0 Å². The molecule has 0 saturated heterocycles. The molecule has 0 aliphatic carbocycles. The minimum Gasteiger partial charge on any atom is -0.394 e. The number of nitrogens with zero attached hydrogens (tertiary/aromatic N) is 1. The summed E-state index contributed by atoms with van der Waals surface area (Å²) in [5.41, 5.74) is 1.84. The summed E-state index contributed by atoms with van der Waals surface area (Å²) >= 11 is 0. The summed E-state index contributed by atoms with van der Waals surface area (Å²) in [5, 5.41) is 12.1. The Morgan fingerprint density at radius 3 is 2.75 bits per heavy atom. The largest absolute Gasteiger partial charge is 0.394 e. The van der Waals surface area contributed by atoms with E-state index in [0.29, 0.717) is 6.54 Å². The third-order valence-corrected chi connectivity index (χ3v) is 2.71. The number of benzene rings is 1. The van der Waals surface area contributed by atoms with Crippen LogP contribution in [0.4, 0.5) is 10.1 Å². The lowest BCUT2D eigenvalue weighted by Gasteiger charge is -2.27. The molecular formula is C12H19FN2O. The zero-order chi connectivity index (χ0) is 12.1. The van der Waals surface area contributed by atoms with Crippen LogP contribution in [0.1, 0.15) is 12.5 Å². The van der Waals surface area contributed by atoms with Crippen LogP contribution in [0.2, 0.25) is 0 Å². The SMILES string of the molecule is CNCc1cc(F)ccc1N(C)C(C)CO. The Bertz CT molecular complexity index is 344. The second-order valence-corrected chi connectivity index (χ2v) is 3.95. The molecule has 90 valence electrons. The number of rotatable bonds is 5. The number of hydrogen-bond acceptors (Lipinski definition) is 3. The first-order valence-corrected chi connectivity index (χ1v) is 5.36. The van der Waals surface area contributed by atoms with E-state index in [1.807, 2.05) is 25.9 Å². The second kappa shape index (κ2) is 5.82. The predicted molar refractivity (Wildman–Crippen MR) is 64.1 cm³/mol. The van der Waals surface area contributed by atoms with Gasteiger partial charge in [-0.3, -0.25) is 0 Å². The minimum atomic E-state index is -0.237. The summed E-state index contributed by atoms with van der Waals surface area (Å²) in [6.45, 7) is 2.61. The zero-order valence-electron chi connectivity index (χ0n) is 10.00. The molecule has 0 fully saturated rings. The molecule has 1 aromatic carbocycles. The zero-order valence-corrected chi connectivity index (χ0v) is 10.00. The maximum Gasteiger partial charge on any atom is 0.123 e. The van der Waals surface area contributed by atoms with E-state index in [1.54, 1.807) is 6.07 Å². The summed E-state index contributed by atoms with van der Waals surface area (Å²) in [4.78, 5) is 1.95. The van der Waals surface area contributed by atoms with Crippen molar-refractivity contribution in [1.82, 2.24) is 5.32 Å². The second-order valence-electron chi connectivity index (χ2n) is 3.95. The van der Waals surface area contributed by atoms with Crippen molar-refractivity contribution in [2.75, 3.05) is 25.6 Å². The molecule has 0 aliphatic rings. The number of anilines is 1. The summed E-state index contributed by atoms with van der Waals surface area (Å²) < 4.78 is 13.1. The van der Waals surface area contributed by atoms with E-state index in [-0.39, 0.29) is 18.5 Å². The molecule has 1 atom stereocenters. The van der Waals surface area contributed by atoms with E-state index in [2.05, 4.69) is 5.32 Å². The number of nitrogens with one attached hydrogen (secondary N) is 1. The summed E-state index contributed by atoms with van der Waals surface area (Å²) in [6, 6.07) is 4.72. The van der Waals surface area contributed by atoms with Gasteiger partial charge >= 0.3 is 0 Å². The standard InChI is InChI=1S/C12H19FN2O/c1-9(8-16)15(3)12-5-4-11(13)6-10(12)7-14-2/h4-6,9,14,16H,7-8H2,1-3H3. The van der Waals surface area contributed by atoms with Crippen LogP contribution >= 0.6 is 0 Å². The van der Waals surface area contributed by atoms with Crippen molar-refractivity contribution >= 4 is 5.69 Å². The average Bonchev–Trinajstić information content (AvgIpc) is 2.28. The molecule has 0 bridgehead atoms. The Kier molecular flexibility index (Phi) is 4.71. The summed E-state index contributed by atoms with van der Waals surface area (Å²) in [5.74, 6) is -0.237. The van der Waals surface area contributed by atoms with Crippen molar-refractivity contribution in [3.05, 3.63) is 29.6 Å². The molecule has 0 aromatic heterocycles. The number of aliphatic hydroxyl groups is 1. The van der Waals surface area contributed by atoms with Crippen LogP contribution in [0, 0.1) is 5.82 Å². The fourth-order valence-corrected chi connectivity index (χ4v) is 1.59. The molecule has 1 rings (SSSR count). The van der Waals surface area contributed by atoms with Crippen LogP contribution in [0.5, 0.6) is 0 Å². The lowest BCUT2D eigenvalue weighted by atomic mass is 10.1. The van der Waals surface area contributed by atoms with Crippen LogP contribution in [0.15, 0.2) is 18.2 Å². The van der Waals surface area contributed by atoms with Gasteiger partial charge < -0.3 is 15.3 Å². The number of aliphatic hydroxyl groups excluding tert-OH is 1. The molecule has 4 heteroatoms. The van der Waals surface area contributed by atoms with E-state index in [0.717, 1.165) is 11.3 Å². The molecule has 0 radical (unpaired) electrons. The molecule has 0 amide bonds. The van der Waals surface area contributed by atoms with Crippen molar-refractivity contribution in [2.45, 2.75) is 19.5 Å². The van der Waals surface area contributed by atoms with Crippen molar-refractivity contribution in [3.8, 4) is 0 Å². The lowest BCUT2D eigenvalue weighted by Crippen LogP contribution is -2.32. The van der Waals surface area contributed by atoms with Crippen molar-refractivity contribution in [3.63, 3.8) is 0 Å². The van der Waals surface area contributed by atoms with Crippen molar-refractivity contribution in [1.29, 1.82) is 0 Å². The van der Waals surface area contributed by atoms with E-state index < -0.39 is 0 Å². The van der Waals surface area contributed by atoms with Crippen molar-refractivity contribution in [2.24, 2.45) is 0 Å². The van der Waals surface area contributed by atoms with Gasteiger partial charge in [0, 0.05) is 25.3 Å². The van der Waals surface area contributed by atoms with Gasteiger partial charge in [-0.15, -0.1) is 0 Å². The summed E-state index contributed by atoms with van der Waals surface area (Å²) in [6.07, 6.45) is 0. The summed E-state index contributed by atoms with van der Waals surface area (Å²) in [7, 11) is 3.72. The van der Waals surface area contributed by atoms with E-state index in [1.165, 1.54) is 12.1 Å². The fraction of sp³-hybridized carbons (Fsp3) is 0.500.